The van der Waals surface area contributed by atoms with Crippen LogP contribution >= 0.6 is 0 Å². The van der Waals surface area contributed by atoms with Gasteiger partial charge >= 0.3 is 12.2 Å². The lowest BCUT2D eigenvalue weighted by Gasteiger charge is -2.20. The molecule has 0 fully saturated rings. The third kappa shape index (κ3) is 5.14. The van der Waals surface area contributed by atoms with Crippen molar-refractivity contribution >= 4 is 22.6 Å². The quantitative estimate of drug-likeness (QED) is 0.324. The monoisotopic (exact) mass is 464 g/mol. The number of carbonyl (C=O) groups is 1. The summed E-state index contributed by atoms with van der Waals surface area (Å²) in [6, 6.07) is 29.6. The summed E-state index contributed by atoms with van der Waals surface area (Å²) < 4.78 is 11.7. The van der Waals surface area contributed by atoms with E-state index < -0.39 is 12.2 Å². The van der Waals surface area contributed by atoms with E-state index in [0.717, 1.165) is 11.2 Å². The Bertz CT molecular complexity index is 1420. The maximum absolute atomic E-state index is 13.2. The van der Waals surface area contributed by atoms with E-state index in [0.29, 0.717) is 22.7 Å². The highest BCUT2D eigenvalue weighted by atomic mass is 16.7. The molecular weight excluding hydrogens is 440 g/mol. The van der Waals surface area contributed by atoms with Gasteiger partial charge in [-0.3, -0.25) is 4.79 Å². The third-order valence-electron chi connectivity index (χ3n) is 5.56. The second kappa shape index (κ2) is 9.69. The number of para-hydroxylation sites is 2. The summed E-state index contributed by atoms with van der Waals surface area (Å²) in [6.07, 6.45) is -1.19. The number of amides is 1. The minimum atomic E-state index is -1.19. The molecule has 4 aromatic carbocycles. The molecule has 0 aliphatic rings. The molecule has 0 radical (unpaired) electrons. The minimum Gasteiger partial charge on any atom is -0.446 e. The standard InChI is InChI=1S/C28H24N4O3/c1-19-13-15-22(17-20(19)2)32-30-25-16-14-21(18-26(25)31-32)29-27(33)28(34-23-9-5-3-6-10-23)35-24-11-7-4-8-12-24/h3-18,28H,1-2H3,(H,29,33). The predicted molar refractivity (Wildman–Crippen MR) is 135 cm³/mol. The van der Waals surface area contributed by atoms with Gasteiger partial charge in [-0.05, 0) is 79.6 Å². The van der Waals surface area contributed by atoms with Gasteiger partial charge in [0.05, 0.1) is 5.69 Å². The molecule has 174 valence electrons. The van der Waals surface area contributed by atoms with Gasteiger partial charge in [0.25, 0.3) is 0 Å². The van der Waals surface area contributed by atoms with Crippen LogP contribution in [0.5, 0.6) is 11.5 Å². The number of nitrogens with zero attached hydrogens (tertiary/aromatic N) is 3. The Morgan fingerprint density at radius 2 is 1.37 bits per heavy atom. The number of hydrogen-bond acceptors (Lipinski definition) is 5. The highest BCUT2D eigenvalue weighted by molar-refractivity contribution is 5.95. The van der Waals surface area contributed by atoms with Crippen LogP contribution in [0.2, 0.25) is 0 Å². The number of anilines is 1. The predicted octanol–water partition coefficient (Wildman–Crippen LogP) is 5.46. The molecule has 35 heavy (non-hydrogen) atoms. The largest absolute Gasteiger partial charge is 0.446 e. The van der Waals surface area contributed by atoms with Crippen LogP contribution < -0.4 is 14.8 Å². The Balaban J connectivity index is 1.38. The van der Waals surface area contributed by atoms with E-state index in [9.17, 15) is 4.79 Å². The maximum atomic E-state index is 13.2. The molecule has 7 heteroatoms. The Kier molecular flexibility index (Phi) is 6.13. The van der Waals surface area contributed by atoms with Gasteiger partial charge < -0.3 is 14.8 Å². The molecule has 0 bridgehead atoms. The fraction of sp³-hybridized carbons (Fsp3) is 0.107. The molecule has 0 unspecified atom stereocenters. The van der Waals surface area contributed by atoms with E-state index in [1.165, 1.54) is 11.1 Å². The summed E-state index contributed by atoms with van der Waals surface area (Å²) in [5.41, 5.74) is 5.19. The van der Waals surface area contributed by atoms with Crippen molar-refractivity contribution in [2.24, 2.45) is 0 Å². The summed E-state index contributed by atoms with van der Waals surface area (Å²) in [5.74, 6) is 0.601. The Labute approximate surface area is 202 Å². The van der Waals surface area contributed by atoms with Gasteiger partial charge in [-0.25, -0.2) is 0 Å². The van der Waals surface area contributed by atoms with Crippen molar-refractivity contribution in [2.75, 3.05) is 5.32 Å². The SMILES string of the molecule is Cc1ccc(-n2nc3ccc(NC(=O)C(Oc4ccccc4)Oc4ccccc4)cc3n2)cc1C. The zero-order chi connectivity index (χ0) is 24.2. The molecule has 0 atom stereocenters. The molecule has 1 aromatic heterocycles. The van der Waals surface area contributed by atoms with Gasteiger partial charge in [0.2, 0.25) is 0 Å². The molecule has 1 N–H and O–H groups in total. The maximum Gasteiger partial charge on any atom is 0.321 e. The highest BCUT2D eigenvalue weighted by Gasteiger charge is 2.23. The van der Waals surface area contributed by atoms with Gasteiger partial charge in [-0.2, -0.15) is 4.80 Å². The molecule has 7 nitrogen and oxygen atoms in total. The fourth-order valence-corrected chi connectivity index (χ4v) is 3.54. The second-order valence-electron chi connectivity index (χ2n) is 8.14. The Morgan fingerprint density at radius 3 is 2.00 bits per heavy atom. The topological polar surface area (TPSA) is 78.3 Å². The summed E-state index contributed by atoms with van der Waals surface area (Å²) >= 11 is 0. The summed E-state index contributed by atoms with van der Waals surface area (Å²) in [6.45, 7) is 4.12. The van der Waals surface area contributed by atoms with Crippen LogP contribution in [0, 0.1) is 13.8 Å². The minimum absolute atomic E-state index is 0.446. The summed E-state index contributed by atoms with van der Waals surface area (Å²) in [7, 11) is 0. The molecule has 0 saturated carbocycles. The number of rotatable bonds is 7. The fourth-order valence-electron chi connectivity index (χ4n) is 3.54. The van der Waals surface area contributed by atoms with Crippen molar-refractivity contribution < 1.29 is 14.3 Å². The number of nitrogens with one attached hydrogen (secondary N) is 1. The first-order valence-corrected chi connectivity index (χ1v) is 11.2. The van der Waals surface area contributed by atoms with Crippen LogP contribution in [-0.4, -0.2) is 27.2 Å². The average Bonchev–Trinajstić information content (AvgIpc) is 3.30. The van der Waals surface area contributed by atoms with Gasteiger partial charge in [0.1, 0.15) is 22.5 Å². The lowest BCUT2D eigenvalue weighted by Crippen LogP contribution is -2.38. The zero-order valence-electron chi connectivity index (χ0n) is 19.4. The Morgan fingerprint density at radius 1 is 0.743 bits per heavy atom. The normalized spacial score (nSPS) is 10.9. The number of ether oxygens (including phenoxy) is 2. The van der Waals surface area contributed by atoms with Gasteiger partial charge in [0.15, 0.2) is 0 Å². The Hall–Kier alpha value is -4.65. The van der Waals surface area contributed by atoms with E-state index >= 15 is 0 Å². The third-order valence-corrected chi connectivity index (χ3v) is 5.56. The van der Waals surface area contributed by atoms with Crippen molar-refractivity contribution in [2.45, 2.75) is 20.1 Å². The summed E-state index contributed by atoms with van der Waals surface area (Å²) in [5, 5.41) is 12.0. The lowest BCUT2D eigenvalue weighted by atomic mass is 10.1. The van der Waals surface area contributed by atoms with E-state index in [2.05, 4.69) is 29.4 Å². The molecule has 0 spiro atoms. The number of aryl methyl sites for hydroxylation is 2. The van der Waals surface area contributed by atoms with Crippen LogP contribution in [-0.2, 0) is 4.79 Å². The van der Waals surface area contributed by atoms with E-state index in [1.54, 1.807) is 41.2 Å². The molecular formula is C28H24N4O3. The molecule has 1 amide bonds. The first-order chi connectivity index (χ1) is 17.0. The van der Waals surface area contributed by atoms with Crippen LogP contribution in [0.4, 0.5) is 5.69 Å². The zero-order valence-corrected chi connectivity index (χ0v) is 19.4. The van der Waals surface area contributed by atoms with Crippen molar-refractivity contribution in [1.82, 2.24) is 15.0 Å². The lowest BCUT2D eigenvalue weighted by molar-refractivity contribution is -0.134. The van der Waals surface area contributed by atoms with Crippen LogP contribution in [0.15, 0.2) is 97.1 Å². The molecule has 0 aliphatic heterocycles. The van der Waals surface area contributed by atoms with Crippen LogP contribution in [0.1, 0.15) is 11.1 Å². The second-order valence-corrected chi connectivity index (χ2v) is 8.14. The van der Waals surface area contributed by atoms with Crippen LogP contribution in [0.25, 0.3) is 16.7 Å². The van der Waals surface area contributed by atoms with Gasteiger partial charge in [0, 0.05) is 5.69 Å². The number of carbonyl (C=O) groups excluding carboxylic acids is 1. The van der Waals surface area contributed by atoms with Crippen molar-refractivity contribution in [1.29, 1.82) is 0 Å². The molecule has 1 heterocycles. The molecule has 5 aromatic rings. The number of fused-ring (bicyclic) bond motifs is 1. The molecule has 0 aliphatic carbocycles. The van der Waals surface area contributed by atoms with Gasteiger partial charge in [-0.15, -0.1) is 10.2 Å². The first kappa shape index (κ1) is 22.2. The number of aromatic nitrogens is 3. The number of hydrogen-bond donors (Lipinski definition) is 1. The van der Waals surface area contributed by atoms with Crippen LogP contribution in [0.3, 0.4) is 0 Å². The number of benzene rings is 4. The average molecular weight is 465 g/mol. The van der Waals surface area contributed by atoms with E-state index in [4.69, 9.17) is 9.47 Å². The van der Waals surface area contributed by atoms with Crippen molar-refractivity contribution in [3.63, 3.8) is 0 Å². The van der Waals surface area contributed by atoms with E-state index in [1.807, 2.05) is 60.7 Å². The van der Waals surface area contributed by atoms with Crippen molar-refractivity contribution in [3.05, 3.63) is 108 Å². The van der Waals surface area contributed by atoms with E-state index in [-0.39, 0.29) is 0 Å². The van der Waals surface area contributed by atoms with Gasteiger partial charge in [-0.1, -0.05) is 42.5 Å². The first-order valence-electron chi connectivity index (χ1n) is 11.2. The molecule has 0 saturated heterocycles. The molecule has 5 rings (SSSR count). The van der Waals surface area contributed by atoms with Crippen molar-refractivity contribution in [3.8, 4) is 17.2 Å². The summed E-state index contributed by atoms with van der Waals surface area (Å²) in [4.78, 5) is 14.8. The smallest absolute Gasteiger partial charge is 0.321 e. The highest BCUT2D eigenvalue weighted by Crippen LogP contribution is 2.21.